The molecule has 7 aromatic carbocycles. The van der Waals surface area contributed by atoms with Gasteiger partial charge in [0.25, 0.3) is 0 Å². The Balaban J connectivity index is 1.10. The largest absolute Gasteiger partial charge is 0.135 e. The monoisotopic (exact) mass is 564 g/mol. The average molecular weight is 565 g/mol. The van der Waals surface area contributed by atoms with Gasteiger partial charge < -0.3 is 0 Å². The van der Waals surface area contributed by atoms with Crippen LogP contribution in [-0.4, -0.2) is 0 Å². The first-order valence-corrected chi connectivity index (χ1v) is 15.8. The van der Waals surface area contributed by atoms with Crippen LogP contribution in [-0.2, 0) is 0 Å². The van der Waals surface area contributed by atoms with Crippen LogP contribution in [0.4, 0.5) is 0 Å². The second-order valence-corrected chi connectivity index (χ2v) is 12.7. The van der Waals surface area contributed by atoms with Gasteiger partial charge in [0.1, 0.15) is 0 Å². The summed E-state index contributed by atoms with van der Waals surface area (Å²) in [6, 6.07) is 49.4. The van der Waals surface area contributed by atoms with Crippen molar-refractivity contribution in [2.24, 2.45) is 0 Å². The first-order valence-electron chi connectivity index (χ1n) is 15.0. The van der Waals surface area contributed by atoms with Gasteiger partial charge >= 0.3 is 0 Å². The van der Waals surface area contributed by atoms with E-state index >= 15 is 0 Å². The van der Waals surface area contributed by atoms with Gasteiger partial charge in [-0.3, -0.25) is 0 Å². The molecule has 0 spiro atoms. The van der Waals surface area contributed by atoms with Crippen molar-refractivity contribution in [3.63, 3.8) is 0 Å². The predicted octanol–water partition coefficient (Wildman–Crippen LogP) is 12.3. The molecule has 0 amide bonds. The number of hydrogen-bond acceptors (Lipinski definition) is 1. The molecule has 1 aliphatic rings. The first-order chi connectivity index (χ1) is 21.3. The molecule has 8 aromatic rings. The highest BCUT2D eigenvalue weighted by Crippen LogP contribution is 2.42. The lowest BCUT2D eigenvalue weighted by atomic mass is 9.83. The van der Waals surface area contributed by atoms with Crippen LogP contribution < -0.4 is 0 Å². The number of fused-ring (bicyclic) bond motifs is 9. The summed E-state index contributed by atoms with van der Waals surface area (Å²) >= 11 is 1.90. The second kappa shape index (κ2) is 9.80. The van der Waals surface area contributed by atoms with E-state index in [1.807, 2.05) is 11.3 Å². The minimum atomic E-state index is 0.337. The highest BCUT2D eigenvalue weighted by atomic mass is 32.1. The molecule has 0 fully saturated rings. The summed E-state index contributed by atoms with van der Waals surface area (Å²) in [6.07, 6.45) is 7.92. The van der Waals surface area contributed by atoms with Crippen molar-refractivity contribution in [2.45, 2.75) is 12.3 Å². The van der Waals surface area contributed by atoms with Gasteiger partial charge in [0.15, 0.2) is 0 Å². The smallest absolute Gasteiger partial charge is 0.0433 e. The van der Waals surface area contributed by atoms with Crippen LogP contribution in [0.5, 0.6) is 0 Å². The van der Waals surface area contributed by atoms with Crippen molar-refractivity contribution in [1.29, 1.82) is 0 Å². The van der Waals surface area contributed by atoms with Crippen LogP contribution in [0.2, 0.25) is 0 Å². The van der Waals surface area contributed by atoms with E-state index in [1.54, 1.807) is 0 Å². The molecule has 1 heteroatoms. The van der Waals surface area contributed by atoms with Gasteiger partial charge in [0.05, 0.1) is 0 Å². The fraction of sp³-hybridized carbons (Fsp3) is 0.0476. The Labute approximate surface area is 254 Å². The lowest BCUT2D eigenvalue weighted by Crippen LogP contribution is -2.01. The third kappa shape index (κ3) is 3.96. The number of hydrogen-bond donors (Lipinski definition) is 0. The normalized spacial score (nSPS) is 15.2. The van der Waals surface area contributed by atoms with E-state index in [9.17, 15) is 0 Å². The van der Waals surface area contributed by atoms with E-state index < -0.39 is 0 Å². The molecule has 1 atom stereocenters. The molecule has 1 unspecified atom stereocenters. The Kier molecular flexibility index (Phi) is 5.61. The first kappa shape index (κ1) is 24.6. The van der Waals surface area contributed by atoms with E-state index in [2.05, 4.69) is 152 Å². The average Bonchev–Trinajstić information content (AvgIpc) is 3.47. The number of benzene rings is 7. The van der Waals surface area contributed by atoms with Crippen LogP contribution in [0.3, 0.4) is 0 Å². The highest BCUT2D eigenvalue weighted by molar-refractivity contribution is 7.26. The zero-order chi connectivity index (χ0) is 28.3. The molecule has 0 radical (unpaired) electrons. The molecule has 0 saturated heterocycles. The summed E-state index contributed by atoms with van der Waals surface area (Å²) in [5.74, 6) is 0.337. The molecule has 1 heterocycles. The zero-order valence-electron chi connectivity index (χ0n) is 23.6. The minimum absolute atomic E-state index is 0.337. The molecule has 0 nitrogen and oxygen atoms in total. The van der Waals surface area contributed by atoms with Gasteiger partial charge in [-0.25, -0.2) is 0 Å². The number of allylic oxidation sites excluding steroid dienone is 4. The number of thiophene rings is 1. The Morgan fingerprint density at radius 1 is 0.488 bits per heavy atom. The zero-order valence-corrected chi connectivity index (χ0v) is 24.4. The molecule has 9 rings (SSSR count). The molecule has 43 heavy (non-hydrogen) atoms. The third-order valence-electron chi connectivity index (χ3n) is 9.23. The fourth-order valence-corrected chi connectivity index (χ4v) is 8.38. The van der Waals surface area contributed by atoms with Gasteiger partial charge in [-0.15, -0.1) is 11.3 Å². The van der Waals surface area contributed by atoms with Gasteiger partial charge in [-0.2, -0.15) is 0 Å². The molecule has 0 saturated carbocycles. The summed E-state index contributed by atoms with van der Waals surface area (Å²) in [7, 11) is 0. The molecule has 0 aliphatic heterocycles. The topological polar surface area (TPSA) is 0 Å². The molecule has 202 valence electrons. The van der Waals surface area contributed by atoms with E-state index in [0.29, 0.717) is 5.92 Å². The van der Waals surface area contributed by atoms with Crippen molar-refractivity contribution in [1.82, 2.24) is 0 Å². The van der Waals surface area contributed by atoms with E-state index in [1.165, 1.54) is 80.3 Å². The summed E-state index contributed by atoms with van der Waals surface area (Å²) in [5.41, 5.74) is 6.67. The summed E-state index contributed by atoms with van der Waals surface area (Å²) in [5, 5.41) is 10.7. The van der Waals surface area contributed by atoms with Gasteiger partial charge in [0, 0.05) is 26.1 Å². The Morgan fingerprint density at radius 2 is 1.12 bits per heavy atom. The van der Waals surface area contributed by atoms with Gasteiger partial charge in [0.2, 0.25) is 0 Å². The van der Waals surface area contributed by atoms with Gasteiger partial charge in [-0.1, -0.05) is 133 Å². The lowest BCUT2D eigenvalue weighted by molar-refractivity contribution is 0.869. The van der Waals surface area contributed by atoms with E-state index in [4.69, 9.17) is 0 Å². The maximum Gasteiger partial charge on any atom is 0.0433 e. The molecule has 1 aliphatic carbocycles. The summed E-state index contributed by atoms with van der Waals surface area (Å²) in [6.45, 7) is 0. The van der Waals surface area contributed by atoms with Crippen LogP contribution in [0.15, 0.2) is 152 Å². The maximum absolute atomic E-state index is 2.45. The summed E-state index contributed by atoms with van der Waals surface area (Å²) in [4.78, 5) is 0. The lowest BCUT2D eigenvalue weighted by Gasteiger charge is -2.21. The van der Waals surface area contributed by atoms with Gasteiger partial charge in [-0.05, 0) is 84.8 Å². The molecule has 0 N–H and O–H groups in total. The van der Waals surface area contributed by atoms with Crippen molar-refractivity contribution >= 4 is 69.4 Å². The summed E-state index contributed by atoms with van der Waals surface area (Å²) < 4.78 is 2.72. The standard InChI is InChI=1S/C42H28S/c1-2-16-35-33(14-1)34-15-3-4-17-36(34)40-26-30(22-23-37(35)40)28-11-7-10-27(24-28)29-12-8-13-31(25-29)32-19-9-20-39-38-18-5-6-21-41(38)43-42(32)39/h1-23,25-26,28H,24H2. The molecule has 0 bridgehead atoms. The maximum atomic E-state index is 2.45. The van der Waals surface area contributed by atoms with Crippen molar-refractivity contribution in [3.8, 4) is 11.1 Å². The Hall–Kier alpha value is -4.98. The molecular weight excluding hydrogens is 537 g/mol. The van der Waals surface area contributed by atoms with Crippen LogP contribution >= 0.6 is 11.3 Å². The van der Waals surface area contributed by atoms with Crippen molar-refractivity contribution < 1.29 is 0 Å². The number of rotatable bonds is 3. The highest BCUT2D eigenvalue weighted by Gasteiger charge is 2.18. The van der Waals surface area contributed by atoms with Crippen LogP contribution in [0, 0.1) is 0 Å². The van der Waals surface area contributed by atoms with Crippen molar-refractivity contribution in [3.05, 3.63) is 163 Å². The van der Waals surface area contributed by atoms with E-state index in [0.717, 1.165) is 6.42 Å². The predicted molar refractivity (Wildman–Crippen MR) is 188 cm³/mol. The molecule has 1 aromatic heterocycles. The van der Waals surface area contributed by atoms with Crippen LogP contribution in [0.25, 0.3) is 69.2 Å². The van der Waals surface area contributed by atoms with Crippen molar-refractivity contribution in [2.75, 3.05) is 0 Å². The minimum Gasteiger partial charge on any atom is -0.135 e. The second-order valence-electron chi connectivity index (χ2n) is 11.6. The fourth-order valence-electron chi connectivity index (χ4n) is 7.14. The molecular formula is C42H28S. The Bertz CT molecular complexity index is 2400. The Morgan fingerprint density at radius 3 is 1.91 bits per heavy atom. The third-order valence-corrected chi connectivity index (χ3v) is 10.4. The quantitative estimate of drug-likeness (QED) is 0.187. The SMILES string of the molecule is C1=CC(c2ccc3c4ccccc4c4ccccc4c3c2)CC(c2cccc(-c3cccc4c3sc3ccccc34)c2)=C1. The van der Waals surface area contributed by atoms with E-state index in [-0.39, 0.29) is 0 Å². The van der Waals surface area contributed by atoms with Crippen LogP contribution in [0.1, 0.15) is 23.5 Å².